The predicted octanol–water partition coefficient (Wildman–Crippen LogP) is -0.0643. The average Bonchev–Trinajstić information content (AvgIpc) is 2.70. The van der Waals surface area contributed by atoms with Crippen LogP contribution >= 0.6 is 0 Å². The minimum atomic E-state index is -1.36. The molecule has 0 fully saturated rings. The van der Waals surface area contributed by atoms with Gasteiger partial charge in [-0.3, -0.25) is 0 Å². The lowest BCUT2D eigenvalue weighted by Gasteiger charge is -2.03. The van der Waals surface area contributed by atoms with Crippen molar-refractivity contribution in [3.8, 4) is 0 Å². The van der Waals surface area contributed by atoms with Crippen molar-refractivity contribution >= 4 is 11.6 Å². The van der Waals surface area contributed by atoms with Crippen molar-refractivity contribution in [3.63, 3.8) is 0 Å². The lowest BCUT2D eigenvalue weighted by molar-refractivity contribution is -0.150. The molecule has 0 radical (unpaired) electrons. The molecule has 15 heavy (non-hydrogen) atoms. The maximum atomic E-state index is 11.0. The highest BCUT2D eigenvalue weighted by Gasteiger charge is 2.21. The molecule has 78 valence electrons. The third-order valence-electron chi connectivity index (χ3n) is 1.96. The number of aromatic nitrogens is 3. The molecule has 2 aromatic heterocycles. The highest BCUT2D eigenvalue weighted by molar-refractivity contribution is 5.75. The fourth-order valence-corrected chi connectivity index (χ4v) is 1.21. The van der Waals surface area contributed by atoms with Gasteiger partial charge in [-0.05, 0) is 6.07 Å². The quantitative estimate of drug-likeness (QED) is 0.698. The number of aliphatic hydroxyl groups is 1. The maximum Gasteiger partial charge on any atom is 0.341 e. The van der Waals surface area contributed by atoms with Crippen LogP contribution in [0, 0.1) is 0 Å². The number of hydrogen-bond donors (Lipinski definition) is 1. The van der Waals surface area contributed by atoms with Gasteiger partial charge in [-0.1, -0.05) is 0 Å². The monoisotopic (exact) mass is 207 g/mol. The van der Waals surface area contributed by atoms with E-state index in [1.165, 1.54) is 17.7 Å². The third-order valence-corrected chi connectivity index (χ3v) is 1.96. The Morgan fingerprint density at radius 2 is 2.47 bits per heavy atom. The van der Waals surface area contributed by atoms with Gasteiger partial charge in [0.1, 0.15) is 5.69 Å². The minimum Gasteiger partial charge on any atom is -0.467 e. The number of aliphatic hydroxyl groups excluding tert-OH is 1. The first kappa shape index (κ1) is 9.60. The van der Waals surface area contributed by atoms with E-state index in [1.807, 2.05) is 0 Å². The second kappa shape index (κ2) is 3.66. The number of hydrogen-bond acceptors (Lipinski definition) is 5. The molecular weight excluding hydrogens is 198 g/mol. The van der Waals surface area contributed by atoms with Gasteiger partial charge < -0.3 is 9.84 Å². The summed E-state index contributed by atoms with van der Waals surface area (Å²) < 4.78 is 5.88. The number of nitrogens with zero attached hydrogens (tertiary/aromatic N) is 3. The number of esters is 1. The normalized spacial score (nSPS) is 12.7. The Hall–Kier alpha value is -1.95. The second-order valence-electron chi connectivity index (χ2n) is 2.92. The molecular formula is C9H9N3O3. The van der Waals surface area contributed by atoms with Crippen LogP contribution in [-0.4, -0.2) is 32.8 Å². The standard InChI is InChI=1S/C9H9N3O3/c1-15-9(14)8(13)6-5-7-10-3-2-4-12(7)11-6/h2-5,8,13H,1H3. The number of carbonyl (C=O) groups is 1. The molecule has 0 bridgehead atoms. The lowest BCUT2D eigenvalue weighted by atomic mass is 10.2. The summed E-state index contributed by atoms with van der Waals surface area (Å²) in [6.07, 6.45) is 1.91. The van der Waals surface area contributed by atoms with Gasteiger partial charge in [0.15, 0.2) is 11.8 Å². The van der Waals surface area contributed by atoms with Gasteiger partial charge in [0, 0.05) is 18.5 Å². The molecule has 0 aromatic carbocycles. The first-order chi connectivity index (χ1) is 7.22. The average molecular weight is 207 g/mol. The summed E-state index contributed by atoms with van der Waals surface area (Å²) in [6.45, 7) is 0. The highest BCUT2D eigenvalue weighted by Crippen LogP contribution is 2.13. The Balaban J connectivity index is 2.40. The van der Waals surface area contributed by atoms with Gasteiger partial charge in [-0.2, -0.15) is 5.10 Å². The van der Waals surface area contributed by atoms with E-state index in [-0.39, 0.29) is 5.69 Å². The van der Waals surface area contributed by atoms with Gasteiger partial charge in [-0.15, -0.1) is 0 Å². The van der Waals surface area contributed by atoms with Crippen molar-refractivity contribution in [3.05, 3.63) is 30.2 Å². The van der Waals surface area contributed by atoms with Crippen LogP contribution in [0.2, 0.25) is 0 Å². The fraction of sp³-hybridized carbons (Fsp3) is 0.222. The van der Waals surface area contributed by atoms with Crippen molar-refractivity contribution in [2.75, 3.05) is 7.11 Å². The number of ether oxygens (including phenoxy) is 1. The molecule has 6 heteroatoms. The van der Waals surface area contributed by atoms with E-state index in [0.29, 0.717) is 5.65 Å². The Bertz CT molecular complexity index is 461. The van der Waals surface area contributed by atoms with Crippen LogP contribution in [0.25, 0.3) is 5.65 Å². The van der Waals surface area contributed by atoms with E-state index in [9.17, 15) is 9.90 Å². The summed E-state index contributed by atoms with van der Waals surface area (Å²) in [4.78, 5) is 15.1. The Labute approximate surface area is 85.1 Å². The van der Waals surface area contributed by atoms with Gasteiger partial charge in [0.25, 0.3) is 0 Å². The zero-order chi connectivity index (χ0) is 10.8. The van der Waals surface area contributed by atoms with E-state index in [2.05, 4.69) is 14.8 Å². The predicted molar refractivity (Wildman–Crippen MR) is 50.0 cm³/mol. The second-order valence-corrected chi connectivity index (χ2v) is 2.92. The first-order valence-electron chi connectivity index (χ1n) is 4.28. The van der Waals surface area contributed by atoms with Gasteiger partial charge in [0.2, 0.25) is 0 Å². The van der Waals surface area contributed by atoms with Crippen molar-refractivity contribution in [1.29, 1.82) is 0 Å². The van der Waals surface area contributed by atoms with Gasteiger partial charge in [0.05, 0.1) is 7.11 Å². The molecule has 0 aliphatic heterocycles. The summed E-state index contributed by atoms with van der Waals surface area (Å²) in [5.74, 6) is -0.738. The number of carbonyl (C=O) groups excluding carboxylic acids is 1. The molecule has 6 nitrogen and oxygen atoms in total. The SMILES string of the molecule is COC(=O)C(O)c1cc2ncccn2n1. The van der Waals surface area contributed by atoms with Crippen LogP contribution in [0.4, 0.5) is 0 Å². The first-order valence-corrected chi connectivity index (χ1v) is 4.28. The van der Waals surface area contributed by atoms with E-state index in [0.717, 1.165) is 0 Å². The molecule has 0 aliphatic carbocycles. The minimum absolute atomic E-state index is 0.223. The molecule has 2 aromatic rings. The smallest absolute Gasteiger partial charge is 0.341 e. The Morgan fingerprint density at radius 1 is 1.67 bits per heavy atom. The van der Waals surface area contributed by atoms with Crippen molar-refractivity contribution < 1.29 is 14.6 Å². The Morgan fingerprint density at radius 3 is 3.13 bits per heavy atom. The number of fused-ring (bicyclic) bond motifs is 1. The van der Waals surface area contributed by atoms with E-state index in [1.54, 1.807) is 18.5 Å². The largest absolute Gasteiger partial charge is 0.467 e. The molecule has 2 heterocycles. The zero-order valence-corrected chi connectivity index (χ0v) is 7.99. The van der Waals surface area contributed by atoms with E-state index in [4.69, 9.17) is 0 Å². The van der Waals surface area contributed by atoms with Crippen LogP contribution in [0.15, 0.2) is 24.5 Å². The highest BCUT2D eigenvalue weighted by atomic mass is 16.5. The van der Waals surface area contributed by atoms with Crippen LogP contribution in [-0.2, 0) is 9.53 Å². The summed E-state index contributed by atoms with van der Waals surface area (Å²) in [7, 11) is 1.21. The van der Waals surface area contributed by atoms with Crippen molar-refractivity contribution in [2.24, 2.45) is 0 Å². The molecule has 0 amide bonds. The molecule has 2 rings (SSSR count). The molecule has 0 saturated heterocycles. The maximum absolute atomic E-state index is 11.0. The van der Waals surface area contributed by atoms with E-state index < -0.39 is 12.1 Å². The summed E-state index contributed by atoms with van der Waals surface area (Å²) in [5, 5.41) is 13.5. The molecule has 1 unspecified atom stereocenters. The van der Waals surface area contributed by atoms with Gasteiger partial charge in [-0.25, -0.2) is 14.3 Å². The van der Waals surface area contributed by atoms with E-state index >= 15 is 0 Å². The van der Waals surface area contributed by atoms with Crippen LogP contribution in [0.5, 0.6) is 0 Å². The topological polar surface area (TPSA) is 76.7 Å². The fourth-order valence-electron chi connectivity index (χ4n) is 1.21. The molecule has 1 N–H and O–H groups in total. The lowest BCUT2D eigenvalue weighted by Crippen LogP contribution is -2.13. The summed E-state index contributed by atoms with van der Waals surface area (Å²) in [5.41, 5.74) is 0.788. The zero-order valence-electron chi connectivity index (χ0n) is 7.99. The van der Waals surface area contributed by atoms with Crippen LogP contribution in [0.1, 0.15) is 11.8 Å². The van der Waals surface area contributed by atoms with Crippen molar-refractivity contribution in [2.45, 2.75) is 6.10 Å². The molecule has 0 spiro atoms. The molecule has 0 aliphatic rings. The van der Waals surface area contributed by atoms with Crippen LogP contribution in [0.3, 0.4) is 0 Å². The molecule has 0 saturated carbocycles. The molecule has 1 atom stereocenters. The number of rotatable bonds is 2. The van der Waals surface area contributed by atoms with Gasteiger partial charge >= 0.3 is 5.97 Å². The third kappa shape index (κ3) is 1.66. The summed E-state index contributed by atoms with van der Waals surface area (Å²) >= 11 is 0. The summed E-state index contributed by atoms with van der Waals surface area (Å²) in [6, 6.07) is 3.23. The Kier molecular flexibility index (Phi) is 2.34. The number of methoxy groups -OCH3 is 1. The van der Waals surface area contributed by atoms with Crippen LogP contribution < -0.4 is 0 Å². The van der Waals surface area contributed by atoms with Crippen molar-refractivity contribution in [1.82, 2.24) is 14.6 Å².